The van der Waals surface area contributed by atoms with Crippen LogP contribution in [0, 0.1) is 22.7 Å². The lowest BCUT2D eigenvalue weighted by Crippen LogP contribution is -2.31. The van der Waals surface area contributed by atoms with Crippen molar-refractivity contribution in [3.63, 3.8) is 0 Å². The van der Waals surface area contributed by atoms with E-state index in [4.69, 9.17) is 9.47 Å². The summed E-state index contributed by atoms with van der Waals surface area (Å²) in [5.41, 5.74) is 2.77. The van der Waals surface area contributed by atoms with Crippen LogP contribution in [0.5, 0.6) is 5.75 Å². The lowest BCUT2D eigenvalue weighted by atomic mass is 9.72. The van der Waals surface area contributed by atoms with Gasteiger partial charge in [0, 0.05) is 0 Å². The molecule has 1 saturated carbocycles. The quantitative estimate of drug-likeness (QED) is 0.191. The van der Waals surface area contributed by atoms with Crippen molar-refractivity contribution in [2.75, 3.05) is 13.7 Å². The van der Waals surface area contributed by atoms with E-state index in [1.807, 2.05) is 0 Å². The number of hydrogen-bond donors (Lipinski definition) is 0. The number of hydrogen-bond acceptors (Lipinski definition) is 4. The fourth-order valence-electron chi connectivity index (χ4n) is 5.62. The first-order chi connectivity index (χ1) is 18.0. The van der Waals surface area contributed by atoms with Crippen LogP contribution in [0.15, 0.2) is 48.5 Å². The molecule has 2 aromatic rings. The summed E-state index contributed by atoms with van der Waals surface area (Å²) in [6.45, 7) is 4.76. The first kappa shape index (κ1) is 28.8. The summed E-state index contributed by atoms with van der Waals surface area (Å²) in [4.78, 5) is 12.0. The van der Waals surface area contributed by atoms with Crippen LogP contribution < -0.4 is 4.74 Å². The molecule has 2 aromatic carbocycles. The number of nitrogens with zero attached hydrogens (tertiary/aromatic N) is 1. The molecule has 0 bridgehead atoms. The maximum atomic E-state index is 12.0. The SMILES string of the molecule is CCCCCCCCCOc1ccc(-c2ccc(C3CCC(CC(C)(C#N)C(=O)OC)CC3)cc2)cc1. The molecule has 0 radical (unpaired) electrons. The number of esters is 1. The highest BCUT2D eigenvalue weighted by molar-refractivity contribution is 5.79. The van der Waals surface area contributed by atoms with Crippen molar-refractivity contribution in [3.8, 4) is 22.9 Å². The molecule has 0 spiro atoms. The molecule has 0 N–H and O–H groups in total. The highest BCUT2D eigenvalue weighted by Crippen LogP contribution is 2.41. The van der Waals surface area contributed by atoms with Gasteiger partial charge in [0.05, 0.1) is 19.8 Å². The zero-order chi connectivity index (χ0) is 26.5. The lowest BCUT2D eigenvalue weighted by molar-refractivity contribution is -0.149. The Hall–Kier alpha value is -2.80. The smallest absolute Gasteiger partial charge is 0.325 e. The van der Waals surface area contributed by atoms with E-state index >= 15 is 0 Å². The Morgan fingerprint density at radius 1 is 0.892 bits per heavy atom. The maximum absolute atomic E-state index is 12.0. The van der Waals surface area contributed by atoms with Gasteiger partial charge in [-0.1, -0.05) is 81.8 Å². The molecule has 1 fully saturated rings. The fraction of sp³-hybridized carbons (Fsp3) is 0.576. The maximum Gasteiger partial charge on any atom is 0.325 e. The minimum absolute atomic E-state index is 0.394. The van der Waals surface area contributed by atoms with Crippen LogP contribution in [0.2, 0.25) is 0 Å². The second-order valence-electron chi connectivity index (χ2n) is 11.0. The van der Waals surface area contributed by atoms with Crippen LogP contribution in [0.25, 0.3) is 11.1 Å². The Morgan fingerprint density at radius 3 is 2.03 bits per heavy atom. The van der Waals surface area contributed by atoms with Crippen LogP contribution >= 0.6 is 0 Å². The Bertz CT molecular complexity index is 984. The fourth-order valence-corrected chi connectivity index (χ4v) is 5.62. The predicted octanol–water partition coefficient (Wildman–Crippen LogP) is 8.85. The van der Waals surface area contributed by atoms with E-state index in [0.717, 1.165) is 44.5 Å². The van der Waals surface area contributed by atoms with Crippen molar-refractivity contribution in [1.29, 1.82) is 5.26 Å². The molecule has 0 saturated heterocycles. The van der Waals surface area contributed by atoms with Gasteiger partial charge in [-0.3, -0.25) is 4.79 Å². The number of methoxy groups -OCH3 is 1. The lowest BCUT2D eigenvalue weighted by Gasteiger charge is -2.32. The van der Waals surface area contributed by atoms with Crippen molar-refractivity contribution >= 4 is 5.97 Å². The summed E-state index contributed by atoms with van der Waals surface area (Å²) < 4.78 is 10.8. The first-order valence-corrected chi connectivity index (χ1v) is 14.3. The van der Waals surface area contributed by atoms with Crippen molar-refractivity contribution in [2.45, 2.75) is 96.8 Å². The van der Waals surface area contributed by atoms with Crippen molar-refractivity contribution < 1.29 is 14.3 Å². The number of carbonyl (C=O) groups excluding carboxylic acids is 1. The molecule has 4 nitrogen and oxygen atoms in total. The van der Waals surface area contributed by atoms with Gasteiger partial charge >= 0.3 is 5.97 Å². The molecule has 1 aliphatic rings. The molecule has 0 aliphatic heterocycles. The van der Waals surface area contributed by atoms with Crippen LogP contribution in [0.1, 0.15) is 102 Å². The van der Waals surface area contributed by atoms with E-state index in [2.05, 4.69) is 61.5 Å². The number of rotatable bonds is 14. The molecular weight excluding hydrogens is 458 g/mol. The van der Waals surface area contributed by atoms with Crippen molar-refractivity contribution in [2.24, 2.45) is 11.3 Å². The van der Waals surface area contributed by atoms with Crippen LogP contribution in [0.3, 0.4) is 0 Å². The molecular formula is C33H45NO3. The van der Waals surface area contributed by atoms with Crippen LogP contribution in [0.4, 0.5) is 0 Å². The molecule has 0 amide bonds. The normalized spacial score (nSPS) is 19.0. The summed E-state index contributed by atoms with van der Waals surface area (Å²) >= 11 is 0. The molecule has 0 heterocycles. The zero-order valence-electron chi connectivity index (χ0n) is 23.1. The third-order valence-corrected chi connectivity index (χ3v) is 8.01. The van der Waals surface area contributed by atoms with E-state index in [1.54, 1.807) is 6.92 Å². The number of ether oxygens (including phenoxy) is 2. The minimum atomic E-state index is -1.04. The Balaban J connectivity index is 1.43. The third-order valence-electron chi connectivity index (χ3n) is 8.01. The van der Waals surface area contributed by atoms with Crippen LogP contribution in [-0.2, 0) is 9.53 Å². The van der Waals surface area contributed by atoms with E-state index < -0.39 is 11.4 Å². The van der Waals surface area contributed by atoms with Gasteiger partial charge < -0.3 is 9.47 Å². The highest BCUT2D eigenvalue weighted by atomic mass is 16.5. The van der Waals surface area contributed by atoms with Gasteiger partial charge in [0.1, 0.15) is 5.75 Å². The standard InChI is InChI=1S/C33H45NO3/c1-4-5-6-7-8-9-10-23-37-31-21-19-30(20-22-31)29-17-15-28(16-18-29)27-13-11-26(12-14-27)24-33(2,25-34)32(35)36-3/h15-22,26-27H,4-14,23-24H2,1-3H3. The summed E-state index contributed by atoms with van der Waals surface area (Å²) in [5.74, 6) is 1.47. The van der Waals surface area contributed by atoms with E-state index in [1.165, 1.54) is 62.3 Å². The van der Waals surface area contributed by atoms with Gasteiger partial charge in [-0.2, -0.15) is 5.26 Å². The molecule has 1 unspecified atom stereocenters. The Kier molecular flexibility index (Phi) is 11.5. The monoisotopic (exact) mass is 503 g/mol. The number of unbranched alkanes of at least 4 members (excludes halogenated alkanes) is 6. The Labute approximate surface area is 224 Å². The average molecular weight is 504 g/mol. The zero-order valence-corrected chi connectivity index (χ0v) is 23.1. The van der Waals surface area contributed by atoms with Gasteiger partial charge in [-0.25, -0.2) is 0 Å². The molecule has 0 aromatic heterocycles. The second-order valence-corrected chi connectivity index (χ2v) is 11.0. The minimum Gasteiger partial charge on any atom is -0.494 e. The molecule has 3 rings (SSSR count). The van der Waals surface area contributed by atoms with Gasteiger partial charge in [-0.05, 0) is 86.1 Å². The summed E-state index contributed by atoms with van der Waals surface area (Å²) in [5, 5.41) is 9.51. The Morgan fingerprint density at radius 2 is 1.46 bits per heavy atom. The first-order valence-electron chi connectivity index (χ1n) is 14.3. The predicted molar refractivity (Wildman–Crippen MR) is 150 cm³/mol. The van der Waals surface area contributed by atoms with Gasteiger partial charge in [0.2, 0.25) is 0 Å². The number of nitriles is 1. The molecule has 1 atom stereocenters. The van der Waals surface area contributed by atoms with E-state index in [-0.39, 0.29) is 0 Å². The largest absolute Gasteiger partial charge is 0.494 e. The van der Waals surface area contributed by atoms with Crippen molar-refractivity contribution in [1.82, 2.24) is 0 Å². The third kappa shape index (κ3) is 8.63. The van der Waals surface area contributed by atoms with Gasteiger partial charge in [-0.15, -0.1) is 0 Å². The van der Waals surface area contributed by atoms with E-state index in [0.29, 0.717) is 18.3 Å². The molecule has 200 valence electrons. The van der Waals surface area contributed by atoms with Gasteiger partial charge in [0.15, 0.2) is 5.41 Å². The average Bonchev–Trinajstić information content (AvgIpc) is 2.95. The van der Waals surface area contributed by atoms with E-state index in [9.17, 15) is 10.1 Å². The highest BCUT2D eigenvalue weighted by Gasteiger charge is 2.38. The summed E-state index contributed by atoms with van der Waals surface area (Å²) in [6.07, 6.45) is 13.9. The molecule has 1 aliphatic carbocycles. The molecule has 4 heteroatoms. The molecule has 37 heavy (non-hydrogen) atoms. The number of carbonyl (C=O) groups is 1. The second kappa shape index (κ2) is 14.8. The summed E-state index contributed by atoms with van der Waals surface area (Å²) in [6, 6.07) is 19.6. The van der Waals surface area contributed by atoms with Crippen molar-refractivity contribution in [3.05, 3.63) is 54.1 Å². The topological polar surface area (TPSA) is 59.3 Å². The van der Waals surface area contributed by atoms with Crippen LogP contribution in [-0.4, -0.2) is 19.7 Å². The summed E-state index contributed by atoms with van der Waals surface area (Å²) in [7, 11) is 1.36. The number of benzene rings is 2. The van der Waals surface area contributed by atoms with Gasteiger partial charge in [0.25, 0.3) is 0 Å².